The van der Waals surface area contributed by atoms with Gasteiger partial charge in [-0.15, -0.1) is 0 Å². The molecule has 0 saturated heterocycles. The number of carbonyl (C=O) groups excluding carboxylic acids is 1. The van der Waals surface area contributed by atoms with E-state index in [0.29, 0.717) is 39.5 Å². The van der Waals surface area contributed by atoms with Gasteiger partial charge in [0.15, 0.2) is 5.75 Å². The maximum atomic E-state index is 12.1. The first-order valence-electron chi connectivity index (χ1n) is 9.20. The van der Waals surface area contributed by atoms with Crippen molar-refractivity contribution < 1.29 is 25.3 Å². The van der Waals surface area contributed by atoms with E-state index in [-0.39, 0.29) is 22.4 Å². The summed E-state index contributed by atoms with van der Waals surface area (Å²) in [6.07, 6.45) is 0.311. The van der Waals surface area contributed by atoms with Gasteiger partial charge in [0.05, 0.1) is 11.3 Å². The number of nitrogens with two attached hydrogens (primary N) is 1. The first kappa shape index (κ1) is 28.2. The van der Waals surface area contributed by atoms with Crippen LogP contribution in [0.1, 0.15) is 28.2 Å². The Bertz CT molecular complexity index is 1110. The topological polar surface area (TPSA) is 155 Å². The van der Waals surface area contributed by atoms with Crippen molar-refractivity contribution in [2.24, 2.45) is 10.9 Å². The van der Waals surface area contributed by atoms with Crippen molar-refractivity contribution in [3.8, 4) is 11.5 Å². The lowest BCUT2D eigenvalue weighted by atomic mass is 10.2. The Balaban J connectivity index is 0.00000272. The van der Waals surface area contributed by atoms with Gasteiger partial charge in [0, 0.05) is 28.0 Å². The summed E-state index contributed by atoms with van der Waals surface area (Å²) in [4.78, 5) is 17.0. The number of nitrogens with zero attached hydrogens (tertiary/aromatic N) is 3. The van der Waals surface area contributed by atoms with Gasteiger partial charge in [-0.05, 0) is 56.3 Å². The van der Waals surface area contributed by atoms with E-state index in [1.165, 1.54) is 18.2 Å². The molecular formula is C21H23Cl3N4O5. The number of hydrogen-bond donors (Lipinski definition) is 1. The Hall–Kier alpha value is -2.82. The van der Waals surface area contributed by atoms with Crippen molar-refractivity contribution in [3.63, 3.8) is 0 Å². The minimum absolute atomic E-state index is 0. The fraction of sp³-hybridized carbons (Fsp3) is 0.190. The van der Waals surface area contributed by atoms with E-state index in [0.717, 1.165) is 11.4 Å². The fourth-order valence-electron chi connectivity index (χ4n) is 2.76. The Morgan fingerprint density at radius 1 is 1.03 bits per heavy atom. The van der Waals surface area contributed by atoms with E-state index < -0.39 is 5.97 Å². The molecule has 0 spiro atoms. The van der Waals surface area contributed by atoms with Crippen molar-refractivity contribution in [1.29, 1.82) is 0 Å². The summed E-state index contributed by atoms with van der Waals surface area (Å²) in [6.45, 7) is 4.16. The molecule has 0 atom stereocenters. The molecular weight excluding hydrogens is 495 g/mol. The third-order valence-electron chi connectivity index (χ3n) is 4.27. The van der Waals surface area contributed by atoms with Gasteiger partial charge in [-0.3, -0.25) is 4.68 Å². The van der Waals surface area contributed by atoms with Crippen LogP contribution < -0.4 is 10.5 Å². The zero-order chi connectivity index (χ0) is 22.5. The molecule has 1 aromatic heterocycles. The van der Waals surface area contributed by atoms with E-state index in [1.54, 1.807) is 28.9 Å². The molecule has 0 aliphatic heterocycles. The lowest BCUT2D eigenvalue weighted by Gasteiger charge is -2.07. The van der Waals surface area contributed by atoms with Crippen molar-refractivity contribution in [2.75, 3.05) is 0 Å². The number of halogens is 3. The molecule has 0 radical (unpaired) electrons. The number of oxime groups is 1. The lowest BCUT2D eigenvalue weighted by molar-refractivity contribution is 0.0514. The van der Waals surface area contributed by atoms with E-state index >= 15 is 0 Å². The van der Waals surface area contributed by atoms with E-state index in [9.17, 15) is 4.79 Å². The second-order valence-electron chi connectivity index (χ2n) is 6.65. The number of aryl methyl sites for hydroxylation is 2. The number of aromatic nitrogens is 2. The highest BCUT2D eigenvalue weighted by Gasteiger charge is 2.15. The average molecular weight is 518 g/mol. The van der Waals surface area contributed by atoms with Crippen molar-refractivity contribution >= 4 is 46.6 Å². The molecule has 178 valence electrons. The number of hydrogen-bond acceptors (Lipinski definition) is 5. The van der Waals surface area contributed by atoms with Crippen molar-refractivity contribution in [1.82, 2.24) is 9.78 Å². The molecule has 0 unspecified atom stereocenters. The molecule has 3 aromatic rings. The number of carbonyl (C=O) groups is 1. The summed E-state index contributed by atoms with van der Waals surface area (Å²) in [5.41, 5.74) is 7.61. The standard InChI is InChI=1S/C21H19Cl3N4O3.2H2O/c1-12-20(30-18-5-3-15(22)4-6-18)13(2)28(26-12)8-7-19(25)27-31-21(29)14-9-16(23)11-17(24)10-14;;/h3-6,9-11H,7-8H2,1-2H3,(H2,25,27);2*1H2. The van der Waals surface area contributed by atoms with Gasteiger partial charge in [-0.25, -0.2) is 4.79 Å². The summed E-state index contributed by atoms with van der Waals surface area (Å²) in [6, 6.07) is 11.4. The fourth-order valence-corrected chi connectivity index (χ4v) is 3.41. The highest BCUT2D eigenvalue weighted by Crippen LogP contribution is 2.29. The van der Waals surface area contributed by atoms with Gasteiger partial charge in [0.2, 0.25) is 0 Å². The SMILES string of the molecule is Cc1nn(CC/C(N)=N/OC(=O)c2cc(Cl)cc(Cl)c2)c(C)c1Oc1ccc(Cl)cc1.O.O. The first-order chi connectivity index (χ1) is 14.7. The number of amidine groups is 1. The molecule has 3 rings (SSSR count). The predicted octanol–water partition coefficient (Wildman–Crippen LogP) is 4.12. The normalized spacial score (nSPS) is 10.8. The quantitative estimate of drug-likeness (QED) is 0.216. The molecule has 0 bridgehead atoms. The number of ether oxygens (including phenoxy) is 1. The molecule has 0 amide bonds. The molecule has 0 saturated carbocycles. The summed E-state index contributed by atoms with van der Waals surface area (Å²) >= 11 is 17.7. The monoisotopic (exact) mass is 516 g/mol. The van der Waals surface area contributed by atoms with E-state index in [2.05, 4.69) is 10.3 Å². The van der Waals surface area contributed by atoms with Gasteiger partial charge in [-0.2, -0.15) is 5.10 Å². The molecule has 12 heteroatoms. The number of rotatable bonds is 7. The zero-order valence-corrected chi connectivity index (χ0v) is 20.0. The summed E-state index contributed by atoms with van der Waals surface area (Å²) < 4.78 is 7.69. The molecule has 1 heterocycles. The second kappa shape index (κ2) is 12.4. The van der Waals surface area contributed by atoms with Crippen LogP contribution in [0.2, 0.25) is 15.1 Å². The van der Waals surface area contributed by atoms with E-state index in [1.807, 2.05) is 13.8 Å². The van der Waals surface area contributed by atoms with Crippen LogP contribution in [-0.4, -0.2) is 32.5 Å². The Labute approximate surface area is 205 Å². The maximum Gasteiger partial charge on any atom is 0.365 e. The van der Waals surface area contributed by atoms with Crippen LogP contribution in [0.4, 0.5) is 0 Å². The van der Waals surface area contributed by atoms with E-state index in [4.69, 9.17) is 50.1 Å². The average Bonchev–Trinajstić information content (AvgIpc) is 2.98. The van der Waals surface area contributed by atoms with Crippen LogP contribution in [0, 0.1) is 13.8 Å². The third-order valence-corrected chi connectivity index (χ3v) is 4.96. The van der Waals surface area contributed by atoms with Crippen LogP contribution in [0.15, 0.2) is 47.6 Å². The van der Waals surface area contributed by atoms with Crippen LogP contribution in [0.5, 0.6) is 11.5 Å². The van der Waals surface area contributed by atoms with Gasteiger partial charge in [0.25, 0.3) is 0 Å². The smallest absolute Gasteiger partial charge is 0.365 e. The molecule has 6 N–H and O–H groups in total. The van der Waals surface area contributed by atoms with Crippen LogP contribution in [0.3, 0.4) is 0 Å². The van der Waals surface area contributed by atoms with Gasteiger partial charge in [0.1, 0.15) is 17.3 Å². The van der Waals surface area contributed by atoms with Gasteiger partial charge < -0.3 is 26.3 Å². The zero-order valence-electron chi connectivity index (χ0n) is 17.7. The van der Waals surface area contributed by atoms with Gasteiger partial charge in [-0.1, -0.05) is 40.0 Å². The van der Waals surface area contributed by atoms with Crippen LogP contribution in [0.25, 0.3) is 0 Å². The minimum Gasteiger partial charge on any atom is -0.453 e. The summed E-state index contributed by atoms with van der Waals surface area (Å²) in [5.74, 6) is 0.734. The highest BCUT2D eigenvalue weighted by atomic mass is 35.5. The van der Waals surface area contributed by atoms with Crippen molar-refractivity contribution in [2.45, 2.75) is 26.8 Å². The molecule has 2 aromatic carbocycles. The third kappa shape index (κ3) is 7.62. The lowest BCUT2D eigenvalue weighted by Crippen LogP contribution is -2.17. The van der Waals surface area contributed by atoms with Crippen LogP contribution in [-0.2, 0) is 11.4 Å². The molecule has 33 heavy (non-hydrogen) atoms. The number of benzene rings is 2. The predicted molar refractivity (Wildman–Crippen MR) is 129 cm³/mol. The highest BCUT2D eigenvalue weighted by molar-refractivity contribution is 6.35. The van der Waals surface area contributed by atoms with Gasteiger partial charge >= 0.3 is 5.97 Å². The summed E-state index contributed by atoms with van der Waals surface area (Å²) in [7, 11) is 0. The minimum atomic E-state index is -0.711. The van der Waals surface area contributed by atoms with Crippen LogP contribution >= 0.6 is 34.8 Å². The molecule has 0 aliphatic carbocycles. The van der Waals surface area contributed by atoms with Crippen molar-refractivity contribution in [3.05, 3.63) is 74.5 Å². The first-order valence-corrected chi connectivity index (χ1v) is 10.3. The Morgan fingerprint density at radius 2 is 1.64 bits per heavy atom. The molecule has 0 aliphatic rings. The second-order valence-corrected chi connectivity index (χ2v) is 7.96. The Kier molecular flexibility index (Phi) is 10.6. The Morgan fingerprint density at radius 3 is 2.24 bits per heavy atom. The largest absolute Gasteiger partial charge is 0.453 e. The molecule has 0 fully saturated rings. The summed E-state index contributed by atoms with van der Waals surface area (Å²) in [5, 5.41) is 9.42. The maximum absolute atomic E-state index is 12.1. The molecule has 9 nitrogen and oxygen atoms in total.